The molecule has 2 aromatic rings. The molecule has 7 nitrogen and oxygen atoms in total. The maximum atomic E-state index is 12.7. The number of halogens is 1. The molecule has 25 heavy (non-hydrogen) atoms. The van der Waals surface area contributed by atoms with Gasteiger partial charge >= 0.3 is 0 Å². The fourth-order valence-corrected chi connectivity index (χ4v) is 6.40. The first-order valence-corrected chi connectivity index (χ1v) is 11.3. The fourth-order valence-electron chi connectivity index (χ4n) is 2.81. The van der Waals surface area contributed by atoms with Crippen LogP contribution in [0, 0.1) is 0 Å². The maximum absolute atomic E-state index is 12.7. The Hall–Kier alpha value is -0.810. The minimum Gasteiger partial charge on any atom is -0.338 e. The second-order valence-electron chi connectivity index (χ2n) is 5.97. The van der Waals surface area contributed by atoms with Gasteiger partial charge in [0.15, 0.2) is 5.82 Å². The fraction of sp³-hybridized carbons (Fsp3) is 0.600. The first kappa shape index (κ1) is 19.0. The Labute approximate surface area is 160 Å². The number of sulfonamides is 1. The molecule has 10 heteroatoms. The zero-order valence-electron chi connectivity index (χ0n) is 14.2. The molecule has 138 valence electrons. The summed E-state index contributed by atoms with van der Waals surface area (Å²) in [6.07, 6.45) is 1.78. The lowest BCUT2D eigenvalue weighted by atomic mass is 10.2. The quantitative estimate of drug-likeness (QED) is 0.675. The van der Waals surface area contributed by atoms with Crippen LogP contribution in [0.25, 0.3) is 0 Å². The summed E-state index contributed by atoms with van der Waals surface area (Å²) in [5.41, 5.74) is 0. The second kappa shape index (κ2) is 7.83. The molecule has 0 aliphatic carbocycles. The molecule has 1 saturated heterocycles. The third-order valence-corrected chi connectivity index (χ3v) is 8.27. The van der Waals surface area contributed by atoms with E-state index in [-0.39, 0.29) is 6.04 Å². The van der Waals surface area contributed by atoms with Crippen LogP contribution in [0.4, 0.5) is 0 Å². The van der Waals surface area contributed by atoms with Crippen molar-refractivity contribution in [3.05, 3.63) is 27.6 Å². The van der Waals surface area contributed by atoms with Gasteiger partial charge in [-0.1, -0.05) is 12.1 Å². The molecule has 0 amide bonds. The third-order valence-electron chi connectivity index (χ3n) is 4.28. The van der Waals surface area contributed by atoms with Crippen molar-refractivity contribution in [2.75, 3.05) is 26.2 Å². The number of nitrogens with zero attached hydrogens (tertiary/aromatic N) is 4. The van der Waals surface area contributed by atoms with Crippen LogP contribution in [0.5, 0.6) is 0 Å². The lowest BCUT2D eigenvalue weighted by Gasteiger charge is -2.35. The number of hydrogen-bond donors (Lipinski definition) is 0. The van der Waals surface area contributed by atoms with E-state index in [1.165, 1.54) is 11.3 Å². The van der Waals surface area contributed by atoms with Crippen molar-refractivity contribution < 1.29 is 12.9 Å². The first-order valence-electron chi connectivity index (χ1n) is 8.24. The highest BCUT2D eigenvalue weighted by atomic mass is 79.9. The monoisotopic (exact) mass is 448 g/mol. The molecular weight excluding hydrogens is 428 g/mol. The van der Waals surface area contributed by atoms with Crippen LogP contribution in [-0.4, -0.2) is 53.9 Å². The summed E-state index contributed by atoms with van der Waals surface area (Å²) in [6.45, 7) is 6.28. The lowest BCUT2D eigenvalue weighted by Crippen LogP contribution is -2.49. The number of hydrogen-bond acceptors (Lipinski definition) is 7. The summed E-state index contributed by atoms with van der Waals surface area (Å²) in [7, 11) is -3.41. The van der Waals surface area contributed by atoms with Gasteiger partial charge in [0.05, 0.1) is 9.83 Å². The predicted molar refractivity (Wildman–Crippen MR) is 99.1 cm³/mol. The van der Waals surface area contributed by atoms with E-state index in [0.29, 0.717) is 36.3 Å². The van der Waals surface area contributed by atoms with Crippen LogP contribution in [0.15, 0.2) is 24.7 Å². The Bertz CT molecular complexity index is 812. The van der Waals surface area contributed by atoms with E-state index in [1.807, 2.05) is 6.92 Å². The van der Waals surface area contributed by atoms with Gasteiger partial charge in [0.2, 0.25) is 5.89 Å². The van der Waals surface area contributed by atoms with E-state index in [2.05, 4.69) is 37.9 Å². The highest BCUT2D eigenvalue weighted by Gasteiger charge is 2.32. The average Bonchev–Trinajstić information content (AvgIpc) is 3.24. The largest absolute Gasteiger partial charge is 0.338 e. The van der Waals surface area contributed by atoms with Gasteiger partial charge in [-0.2, -0.15) is 9.29 Å². The predicted octanol–water partition coefficient (Wildman–Crippen LogP) is 2.91. The number of thiophene rings is 1. The number of rotatable bonds is 6. The van der Waals surface area contributed by atoms with Gasteiger partial charge < -0.3 is 4.52 Å². The molecule has 1 atom stereocenters. The minimum atomic E-state index is -3.41. The molecule has 2 aromatic heterocycles. The molecule has 0 spiro atoms. The van der Waals surface area contributed by atoms with Crippen LogP contribution in [0.1, 0.15) is 38.0 Å². The minimum absolute atomic E-state index is 0.0150. The van der Waals surface area contributed by atoms with Crippen LogP contribution >= 0.6 is 27.3 Å². The standard InChI is InChI=1S/C15H21BrN4O3S2/c1-3-4-13-17-15(23-18-13)11(2)19-7-9-20(10-8-19)25(21,22)14-6-5-12(16)24-14/h5-6,11H,3-4,7-10H2,1-2H3. The van der Waals surface area contributed by atoms with Gasteiger partial charge in [-0.05, 0) is 41.4 Å². The molecule has 0 aromatic carbocycles. The van der Waals surface area contributed by atoms with Crippen LogP contribution in [0.3, 0.4) is 0 Å². The normalized spacial score (nSPS) is 18.5. The molecule has 3 rings (SSSR count). The molecule has 0 bridgehead atoms. The summed E-state index contributed by atoms with van der Waals surface area (Å²) in [4.78, 5) is 6.62. The first-order chi connectivity index (χ1) is 11.9. The van der Waals surface area contributed by atoms with Crippen LogP contribution in [-0.2, 0) is 16.4 Å². The molecule has 3 heterocycles. The summed E-state index contributed by atoms with van der Waals surface area (Å²) >= 11 is 4.56. The van der Waals surface area contributed by atoms with E-state index in [1.54, 1.807) is 16.4 Å². The van der Waals surface area contributed by atoms with Gasteiger partial charge in [-0.3, -0.25) is 4.90 Å². The molecule has 0 N–H and O–H groups in total. The molecule has 1 fully saturated rings. The SMILES string of the molecule is CCCc1noc(C(C)N2CCN(S(=O)(=O)c3ccc(Br)s3)CC2)n1. The molecule has 1 aliphatic heterocycles. The van der Waals surface area contributed by atoms with Crippen molar-refractivity contribution in [3.8, 4) is 0 Å². The molecule has 0 saturated carbocycles. The van der Waals surface area contributed by atoms with Crippen molar-refractivity contribution in [3.63, 3.8) is 0 Å². The van der Waals surface area contributed by atoms with Crippen molar-refractivity contribution in [1.29, 1.82) is 0 Å². The van der Waals surface area contributed by atoms with E-state index < -0.39 is 10.0 Å². The Morgan fingerprint density at radius 2 is 2.04 bits per heavy atom. The van der Waals surface area contributed by atoms with Crippen molar-refractivity contribution in [2.45, 2.75) is 36.9 Å². The Morgan fingerprint density at radius 1 is 1.32 bits per heavy atom. The van der Waals surface area contributed by atoms with Gasteiger partial charge in [-0.15, -0.1) is 11.3 Å². The number of piperazine rings is 1. The Balaban J connectivity index is 1.63. The van der Waals surface area contributed by atoms with Gasteiger partial charge in [-0.25, -0.2) is 8.42 Å². The summed E-state index contributed by atoms with van der Waals surface area (Å²) in [6, 6.07) is 3.39. The second-order valence-corrected chi connectivity index (χ2v) is 10.6. The molecule has 1 unspecified atom stereocenters. The van der Waals surface area contributed by atoms with E-state index in [9.17, 15) is 8.42 Å². The molecule has 0 radical (unpaired) electrons. The number of aromatic nitrogens is 2. The van der Waals surface area contributed by atoms with Crippen molar-refractivity contribution in [1.82, 2.24) is 19.3 Å². The topological polar surface area (TPSA) is 79.5 Å². The highest BCUT2D eigenvalue weighted by molar-refractivity contribution is 9.11. The van der Waals surface area contributed by atoms with Gasteiger partial charge in [0.1, 0.15) is 4.21 Å². The summed E-state index contributed by atoms with van der Waals surface area (Å²) < 4.78 is 33.5. The molecule has 1 aliphatic rings. The van der Waals surface area contributed by atoms with E-state index >= 15 is 0 Å². The van der Waals surface area contributed by atoms with E-state index in [4.69, 9.17) is 4.52 Å². The van der Waals surface area contributed by atoms with Gasteiger partial charge in [0, 0.05) is 32.6 Å². The highest BCUT2D eigenvalue weighted by Crippen LogP contribution is 2.29. The summed E-state index contributed by atoms with van der Waals surface area (Å²) in [5.74, 6) is 1.33. The third kappa shape index (κ3) is 4.13. The Morgan fingerprint density at radius 3 is 2.64 bits per heavy atom. The summed E-state index contributed by atoms with van der Waals surface area (Å²) in [5, 5.41) is 4.00. The van der Waals surface area contributed by atoms with Crippen molar-refractivity contribution >= 4 is 37.3 Å². The number of aryl methyl sites for hydroxylation is 1. The van der Waals surface area contributed by atoms with Crippen molar-refractivity contribution in [2.24, 2.45) is 0 Å². The van der Waals surface area contributed by atoms with E-state index in [0.717, 1.165) is 22.5 Å². The van der Waals surface area contributed by atoms with Gasteiger partial charge in [0.25, 0.3) is 10.0 Å². The van der Waals surface area contributed by atoms with Crippen LogP contribution < -0.4 is 0 Å². The smallest absolute Gasteiger partial charge is 0.252 e. The zero-order valence-corrected chi connectivity index (χ0v) is 17.4. The Kier molecular flexibility index (Phi) is 5.94. The maximum Gasteiger partial charge on any atom is 0.252 e. The average molecular weight is 449 g/mol. The zero-order chi connectivity index (χ0) is 18.0. The van der Waals surface area contributed by atoms with Crippen LogP contribution in [0.2, 0.25) is 0 Å². The lowest BCUT2D eigenvalue weighted by molar-refractivity contribution is 0.124. The molecular formula is C15H21BrN4O3S2.